The van der Waals surface area contributed by atoms with Crippen molar-refractivity contribution in [2.45, 2.75) is 18.8 Å². The fraction of sp³-hybridized carbons (Fsp3) is 0.333. The van der Waals surface area contributed by atoms with Gasteiger partial charge in [0.2, 0.25) is 0 Å². The van der Waals surface area contributed by atoms with Gasteiger partial charge in [-0.05, 0) is 36.5 Å². The summed E-state index contributed by atoms with van der Waals surface area (Å²) in [5.74, 6) is 0.617. The number of nitrogen functional groups attached to an aromatic ring is 1. The van der Waals surface area contributed by atoms with Crippen LogP contribution >= 0.6 is 11.6 Å². The van der Waals surface area contributed by atoms with E-state index in [9.17, 15) is 5.11 Å². The first kappa shape index (κ1) is 7.74. The molecule has 1 saturated carbocycles. The van der Waals surface area contributed by atoms with E-state index in [1.54, 1.807) is 12.1 Å². The first-order chi connectivity index (χ1) is 5.68. The van der Waals surface area contributed by atoms with Gasteiger partial charge in [0, 0.05) is 0 Å². The number of aromatic hydroxyl groups is 1. The lowest BCUT2D eigenvalue weighted by Gasteiger charge is -2.04. The minimum Gasteiger partial charge on any atom is -0.504 e. The fourth-order valence-electron chi connectivity index (χ4n) is 1.29. The number of hydrogen-bond acceptors (Lipinski definition) is 2. The van der Waals surface area contributed by atoms with E-state index in [1.165, 1.54) is 12.8 Å². The minimum atomic E-state index is 0.000988. The Morgan fingerprint density at radius 2 is 2.08 bits per heavy atom. The maximum absolute atomic E-state index is 9.28. The SMILES string of the molecule is Nc1cc(C2CC2)cc(Cl)c1O. The maximum atomic E-state index is 9.28. The van der Waals surface area contributed by atoms with Gasteiger partial charge in [-0.1, -0.05) is 11.6 Å². The van der Waals surface area contributed by atoms with Gasteiger partial charge < -0.3 is 10.8 Å². The predicted molar refractivity (Wildman–Crippen MR) is 49.5 cm³/mol. The van der Waals surface area contributed by atoms with Crippen molar-refractivity contribution in [3.05, 3.63) is 22.7 Å². The van der Waals surface area contributed by atoms with Crippen molar-refractivity contribution in [3.63, 3.8) is 0 Å². The van der Waals surface area contributed by atoms with Crippen LogP contribution in [0.15, 0.2) is 12.1 Å². The molecular weight excluding hydrogens is 174 g/mol. The highest BCUT2D eigenvalue weighted by atomic mass is 35.5. The molecule has 0 bridgehead atoms. The lowest BCUT2D eigenvalue weighted by Crippen LogP contribution is -1.89. The average molecular weight is 184 g/mol. The molecule has 0 aliphatic heterocycles. The Kier molecular flexibility index (Phi) is 1.65. The molecule has 0 radical (unpaired) electrons. The Morgan fingerprint density at radius 3 is 2.58 bits per heavy atom. The summed E-state index contributed by atoms with van der Waals surface area (Å²) in [6.07, 6.45) is 2.42. The van der Waals surface area contributed by atoms with Crippen molar-refractivity contribution in [1.29, 1.82) is 0 Å². The molecule has 0 spiro atoms. The van der Waals surface area contributed by atoms with Crippen LogP contribution in [0.3, 0.4) is 0 Å². The second-order valence-electron chi connectivity index (χ2n) is 3.21. The van der Waals surface area contributed by atoms with Crippen molar-refractivity contribution in [1.82, 2.24) is 0 Å². The van der Waals surface area contributed by atoms with Crippen molar-refractivity contribution in [2.24, 2.45) is 0 Å². The molecule has 1 fully saturated rings. The Bertz CT molecular complexity index is 297. The summed E-state index contributed by atoms with van der Waals surface area (Å²) in [6.45, 7) is 0. The molecule has 0 amide bonds. The topological polar surface area (TPSA) is 46.2 Å². The van der Waals surface area contributed by atoms with E-state index < -0.39 is 0 Å². The molecule has 0 atom stereocenters. The first-order valence-electron chi connectivity index (χ1n) is 3.96. The molecule has 1 aliphatic carbocycles. The van der Waals surface area contributed by atoms with Gasteiger partial charge in [-0.2, -0.15) is 0 Å². The van der Waals surface area contributed by atoms with Crippen molar-refractivity contribution in [2.75, 3.05) is 5.73 Å². The summed E-state index contributed by atoms with van der Waals surface area (Å²) in [5, 5.41) is 9.63. The number of nitrogens with two attached hydrogens (primary N) is 1. The second-order valence-corrected chi connectivity index (χ2v) is 3.62. The highest BCUT2D eigenvalue weighted by molar-refractivity contribution is 6.32. The molecule has 0 aromatic heterocycles. The van der Waals surface area contributed by atoms with Crippen molar-refractivity contribution < 1.29 is 5.11 Å². The van der Waals surface area contributed by atoms with Gasteiger partial charge in [0.15, 0.2) is 5.75 Å². The van der Waals surface area contributed by atoms with Crippen LogP contribution in [0.4, 0.5) is 5.69 Å². The molecule has 3 N–H and O–H groups in total. The summed E-state index contributed by atoms with van der Waals surface area (Å²) >= 11 is 5.76. The van der Waals surface area contributed by atoms with Crippen LogP contribution < -0.4 is 5.73 Å². The molecular formula is C9H10ClNO. The van der Waals surface area contributed by atoms with Gasteiger partial charge in [0.1, 0.15) is 0 Å². The lowest BCUT2D eigenvalue weighted by molar-refractivity contribution is 0.478. The van der Waals surface area contributed by atoms with E-state index in [2.05, 4.69) is 0 Å². The molecule has 0 heterocycles. The van der Waals surface area contributed by atoms with Gasteiger partial charge >= 0.3 is 0 Å². The van der Waals surface area contributed by atoms with Crippen LogP contribution in [0.25, 0.3) is 0 Å². The van der Waals surface area contributed by atoms with Crippen LogP contribution in [0.1, 0.15) is 24.3 Å². The number of anilines is 1. The average Bonchev–Trinajstić information content (AvgIpc) is 2.81. The molecule has 0 saturated heterocycles. The first-order valence-corrected chi connectivity index (χ1v) is 4.34. The van der Waals surface area contributed by atoms with Crippen molar-refractivity contribution >= 4 is 17.3 Å². The molecule has 0 unspecified atom stereocenters. The summed E-state index contributed by atoms with van der Waals surface area (Å²) in [4.78, 5) is 0. The standard InChI is InChI=1S/C9H10ClNO/c10-7-3-6(5-1-2-5)4-8(11)9(7)12/h3-5,12H,1-2,11H2. The number of hydrogen-bond donors (Lipinski definition) is 2. The van der Waals surface area contributed by atoms with Crippen LogP contribution in [0.5, 0.6) is 5.75 Å². The van der Waals surface area contributed by atoms with Crippen LogP contribution in [0, 0.1) is 0 Å². The summed E-state index contributed by atoms with van der Waals surface area (Å²) in [6, 6.07) is 3.60. The van der Waals surface area contributed by atoms with Crippen LogP contribution in [-0.4, -0.2) is 5.11 Å². The van der Waals surface area contributed by atoms with Gasteiger partial charge in [0.05, 0.1) is 10.7 Å². The van der Waals surface area contributed by atoms with E-state index in [1.807, 2.05) is 0 Å². The highest BCUT2D eigenvalue weighted by Gasteiger charge is 2.24. The summed E-state index contributed by atoms with van der Waals surface area (Å²) in [5.41, 5.74) is 7.08. The molecule has 2 rings (SSSR count). The molecule has 12 heavy (non-hydrogen) atoms. The number of halogens is 1. The smallest absolute Gasteiger partial charge is 0.157 e. The zero-order valence-corrected chi connectivity index (χ0v) is 7.30. The molecule has 1 aliphatic rings. The van der Waals surface area contributed by atoms with E-state index in [0.717, 1.165) is 5.56 Å². The second kappa shape index (κ2) is 2.56. The van der Waals surface area contributed by atoms with Crippen LogP contribution in [0.2, 0.25) is 5.02 Å². The molecule has 3 heteroatoms. The normalized spacial score (nSPS) is 16.4. The highest BCUT2D eigenvalue weighted by Crippen LogP contribution is 2.43. The molecule has 64 valence electrons. The lowest BCUT2D eigenvalue weighted by atomic mass is 10.1. The zero-order chi connectivity index (χ0) is 8.72. The maximum Gasteiger partial charge on any atom is 0.157 e. The van der Waals surface area contributed by atoms with Crippen molar-refractivity contribution in [3.8, 4) is 5.75 Å². The van der Waals surface area contributed by atoms with E-state index in [0.29, 0.717) is 16.6 Å². The predicted octanol–water partition coefficient (Wildman–Crippen LogP) is 2.51. The quantitative estimate of drug-likeness (QED) is 0.519. The van der Waals surface area contributed by atoms with Gasteiger partial charge in [-0.25, -0.2) is 0 Å². The van der Waals surface area contributed by atoms with Gasteiger partial charge in [-0.15, -0.1) is 0 Å². The van der Waals surface area contributed by atoms with E-state index in [4.69, 9.17) is 17.3 Å². The van der Waals surface area contributed by atoms with Crippen LogP contribution in [-0.2, 0) is 0 Å². The third kappa shape index (κ3) is 1.23. The number of phenolic OH excluding ortho intramolecular Hbond substituents is 1. The number of rotatable bonds is 1. The Balaban J connectivity index is 2.45. The molecule has 1 aromatic carbocycles. The third-order valence-electron chi connectivity index (χ3n) is 2.16. The minimum absolute atomic E-state index is 0.000988. The largest absolute Gasteiger partial charge is 0.504 e. The summed E-state index contributed by atoms with van der Waals surface area (Å²) in [7, 11) is 0. The van der Waals surface area contributed by atoms with E-state index >= 15 is 0 Å². The Hall–Kier alpha value is -0.890. The Morgan fingerprint density at radius 1 is 1.42 bits per heavy atom. The number of benzene rings is 1. The molecule has 1 aromatic rings. The van der Waals surface area contributed by atoms with Gasteiger partial charge in [0.25, 0.3) is 0 Å². The molecule has 2 nitrogen and oxygen atoms in total. The van der Waals surface area contributed by atoms with E-state index in [-0.39, 0.29) is 5.75 Å². The zero-order valence-electron chi connectivity index (χ0n) is 6.55. The summed E-state index contributed by atoms with van der Waals surface area (Å²) < 4.78 is 0. The fourth-order valence-corrected chi connectivity index (χ4v) is 1.53. The third-order valence-corrected chi connectivity index (χ3v) is 2.45. The number of phenols is 1. The Labute approximate surface area is 76.0 Å². The van der Waals surface area contributed by atoms with Gasteiger partial charge in [-0.3, -0.25) is 0 Å². The monoisotopic (exact) mass is 183 g/mol.